The first kappa shape index (κ1) is 19.1. The van der Waals surface area contributed by atoms with Gasteiger partial charge in [-0.05, 0) is 56.2 Å². The summed E-state index contributed by atoms with van der Waals surface area (Å²) >= 11 is 11.8. The largest absolute Gasteiger partial charge is 0.376 e. The van der Waals surface area contributed by atoms with Crippen molar-refractivity contribution in [3.8, 4) is 0 Å². The zero-order valence-electron chi connectivity index (χ0n) is 14.7. The molecule has 1 aliphatic rings. The highest BCUT2D eigenvalue weighted by Crippen LogP contribution is 2.23. The Kier molecular flexibility index (Phi) is 6.46. The molecule has 138 valence electrons. The fourth-order valence-corrected chi connectivity index (χ4v) is 3.45. The van der Waals surface area contributed by atoms with Gasteiger partial charge in [0.1, 0.15) is 5.82 Å². The molecule has 6 heteroatoms. The Hall–Kier alpha value is -1.69. The molecule has 1 aliphatic heterocycles. The van der Waals surface area contributed by atoms with E-state index in [1.807, 2.05) is 36.1 Å². The van der Waals surface area contributed by atoms with Crippen LogP contribution in [0.2, 0.25) is 5.02 Å². The van der Waals surface area contributed by atoms with Crippen molar-refractivity contribution in [1.29, 1.82) is 0 Å². The lowest BCUT2D eigenvalue weighted by molar-refractivity contribution is 0.0903. The predicted octanol–water partition coefficient (Wildman–Crippen LogP) is 5.17. The van der Waals surface area contributed by atoms with Gasteiger partial charge in [0.05, 0.1) is 6.10 Å². The van der Waals surface area contributed by atoms with Crippen molar-refractivity contribution in [2.24, 2.45) is 0 Å². The van der Waals surface area contributed by atoms with Crippen LogP contribution in [0.5, 0.6) is 0 Å². The Balaban J connectivity index is 1.77. The van der Waals surface area contributed by atoms with Gasteiger partial charge in [0.15, 0.2) is 5.11 Å². The first-order chi connectivity index (χ1) is 12.5. The number of aryl methyl sites for hydroxylation is 1. The standard InChI is InChI=1S/C20H22ClFN2OS/c1-14-7-9-15(10-8-14)23-20(26)24(12-16-4-3-11-25-16)13-17-18(21)5-2-6-19(17)22/h2,5-10,16H,3-4,11-13H2,1H3,(H,23,26)/t16-/m0/s1. The van der Waals surface area contributed by atoms with Crippen LogP contribution < -0.4 is 5.32 Å². The summed E-state index contributed by atoms with van der Waals surface area (Å²) in [5.41, 5.74) is 2.52. The monoisotopic (exact) mass is 392 g/mol. The molecule has 1 atom stereocenters. The third-order valence-electron chi connectivity index (χ3n) is 4.45. The maximum Gasteiger partial charge on any atom is 0.173 e. The van der Waals surface area contributed by atoms with Gasteiger partial charge in [0.25, 0.3) is 0 Å². The van der Waals surface area contributed by atoms with Gasteiger partial charge in [-0.1, -0.05) is 35.4 Å². The smallest absolute Gasteiger partial charge is 0.173 e. The maximum atomic E-state index is 14.3. The quantitative estimate of drug-likeness (QED) is 0.710. The summed E-state index contributed by atoms with van der Waals surface area (Å²) in [7, 11) is 0. The molecule has 0 amide bonds. The number of nitrogens with one attached hydrogen (secondary N) is 1. The van der Waals surface area contributed by atoms with Gasteiger partial charge in [0.2, 0.25) is 0 Å². The Morgan fingerprint density at radius 3 is 2.73 bits per heavy atom. The second kappa shape index (κ2) is 8.80. The number of nitrogens with zero attached hydrogens (tertiary/aromatic N) is 1. The second-order valence-electron chi connectivity index (χ2n) is 6.51. The lowest BCUT2D eigenvalue weighted by atomic mass is 10.1. The van der Waals surface area contributed by atoms with E-state index < -0.39 is 0 Å². The zero-order valence-corrected chi connectivity index (χ0v) is 16.2. The van der Waals surface area contributed by atoms with Gasteiger partial charge in [-0.25, -0.2) is 4.39 Å². The maximum absolute atomic E-state index is 14.3. The number of hydrogen-bond donors (Lipinski definition) is 1. The number of anilines is 1. The summed E-state index contributed by atoms with van der Waals surface area (Å²) in [6, 6.07) is 12.7. The lowest BCUT2D eigenvalue weighted by Crippen LogP contribution is -2.39. The summed E-state index contributed by atoms with van der Waals surface area (Å²) in [6.07, 6.45) is 2.12. The zero-order chi connectivity index (χ0) is 18.5. The normalized spacial score (nSPS) is 16.5. The molecule has 3 nitrogen and oxygen atoms in total. The highest BCUT2D eigenvalue weighted by molar-refractivity contribution is 7.80. The van der Waals surface area contributed by atoms with E-state index in [1.54, 1.807) is 12.1 Å². The molecule has 0 unspecified atom stereocenters. The van der Waals surface area contributed by atoms with Crippen LogP contribution in [0.4, 0.5) is 10.1 Å². The minimum atomic E-state index is -0.326. The van der Waals surface area contributed by atoms with E-state index in [2.05, 4.69) is 5.32 Å². The van der Waals surface area contributed by atoms with Crippen LogP contribution in [0, 0.1) is 12.7 Å². The molecule has 2 aromatic carbocycles. The first-order valence-electron chi connectivity index (χ1n) is 8.70. The van der Waals surface area contributed by atoms with E-state index in [-0.39, 0.29) is 11.9 Å². The van der Waals surface area contributed by atoms with Gasteiger partial charge >= 0.3 is 0 Å². The van der Waals surface area contributed by atoms with Gasteiger partial charge in [-0.15, -0.1) is 0 Å². The van der Waals surface area contributed by atoms with Crippen LogP contribution in [0.1, 0.15) is 24.0 Å². The Bertz CT molecular complexity index is 743. The molecule has 0 saturated carbocycles. The minimum Gasteiger partial charge on any atom is -0.376 e. The highest BCUT2D eigenvalue weighted by Gasteiger charge is 2.23. The van der Waals surface area contributed by atoms with E-state index in [0.717, 1.165) is 25.1 Å². The van der Waals surface area contributed by atoms with Crippen LogP contribution in [0.25, 0.3) is 0 Å². The number of hydrogen-bond acceptors (Lipinski definition) is 2. The van der Waals surface area contributed by atoms with Crippen molar-refractivity contribution in [2.45, 2.75) is 32.4 Å². The van der Waals surface area contributed by atoms with E-state index in [4.69, 9.17) is 28.6 Å². The third kappa shape index (κ3) is 4.93. The van der Waals surface area contributed by atoms with Crippen LogP contribution in [-0.4, -0.2) is 29.3 Å². The number of ether oxygens (including phenoxy) is 1. The predicted molar refractivity (Wildman–Crippen MR) is 108 cm³/mol. The minimum absolute atomic E-state index is 0.0957. The Morgan fingerprint density at radius 1 is 1.31 bits per heavy atom. The average Bonchev–Trinajstić information content (AvgIpc) is 3.12. The van der Waals surface area contributed by atoms with Crippen LogP contribution in [-0.2, 0) is 11.3 Å². The summed E-state index contributed by atoms with van der Waals surface area (Å²) < 4.78 is 20.0. The lowest BCUT2D eigenvalue weighted by Gasteiger charge is -2.29. The summed E-state index contributed by atoms with van der Waals surface area (Å²) in [6.45, 7) is 3.69. The number of benzene rings is 2. The SMILES string of the molecule is Cc1ccc(NC(=S)N(Cc2c(F)cccc2Cl)C[C@@H]2CCCO2)cc1. The number of thiocarbonyl (C=S) groups is 1. The van der Waals surface area contributed by atoms with Gasteiger partial charge in [-0.3, -0.25) is 0 Å². The molecule has 1 heterocycles. The van der Waals surface area contributed by atoms with E-state index >= 15 is 0 Å². The van der Waals surface area contributed by atoms with Crippen molar-refractivity contribution in [3.05, 3.63) is 64.4 Å². The van der Waals surface area contributed by atoms with E-state index in [0.29, 0.717) is 28.8 Å². The van der Waals surface area contributed by atoms with E-state index in [9.17, 15) is 4.39 Å². The number of halogens is 2. The fourth-order valence-electron chi connectivity index (χ4n) is 2.97. The van der Waals surface area contributed by atoms with Crippen molar-refractivity contribution >= 4 is 34.6 Å². The van der Waals surface area contributed by atoms with Gasteiger partial charge in [0, 0.05) is 36.0 Å². The average molecular weight is 393 g/mol. The Labute approximate surface area is 164 Å². The molecule has 2 aromatic rings. The van der Waals surface area contributed by atoms with Crippen LogP contribution in [0.3, 0.4) is 0 Å². The molecular formula is C20H22ClFN2OS. The molecule has 1 saturated heterocycles. The summed E-state index contributed by atoms with van der Waals surface area (Å²) in [4.78, 5) is 1.93. The third-order valence-corrected chi connectivity index (χ3v) is 5.16. The van der Waals surface area contributed by atoms with Crippen molar-refractivity contribution in [3.63, 3.8) is 0 Å². The van der Waals surface area contributed by atoms with Crippen molar-refractivity contribution in [1.82, 2.24) is 4.90 Å². The van der Waals surface area contributed by atoms with Crippen LogP contribution in [0.15, 0.2) is 42.5 Å². The van der Waals surface area contributed by atoms with Crippen LogP contribution >= 0.6 is 23.8 Å². The summed E-state index contributed by atoms with van der Waals surface area (Å²) in [5.74, 6) is -0.326. The van der Waals surface area contributed by atoms with Gasteiger partial charge < -0.3 is 15.0 Å². The molecule has 1 fully saturated rings. The molecule has 3 rings (SSSR count). The molecule has 0 aromatic heterocycles. The molecule has 0 radical (unpaired) electrons. The van der Waals surface area contributed by atoms with E-state index in [1.165, 1.54) is 11.6 Å². The van der Waals surface area contributed by atoms with Crippen molar-refractivity contribution in [2.75, 3.05) is 18.5 Å². The topological polar surface area (TPSA) is 24.5 Å². The van der Waals surface area contributed by atoms with Gasteiger partial charge in [-0.2, -0.15) is 0 Å². The highest BCUT2D eigenvalue weighted by atomic mass is 35.5. The molecular weight excluding hydrogens is 371 g/mol. The fraction of sp³-hybridized carbons (Fsp3) is 0.350. The summed E-state index contributed by atoms with van der Waals surface area (Å²) in [5, 5.41) is 4.17. The molecule has 0 bridgehead atoms. The molecule has 0 spiro atoms. The first-order valence-corrected chi connectivity index (χ1v) is 9.48. The molecule has 0 aliphatic carbocycles. The molecule has 26 heavy (non-hydrogen) atoms. The second-order valence-corrected chi connectivity index (χ2v) is 7.31. The number of rotatable bonds is 5. The Morgan fingerprint density at radius 2 is 2.08 bits per heavy atom. The van der Waals surface area contributed by atoms with Crippen molar-refractivity contribution < 1.29 is 9.13 Å². The molecule has 1 N–H and O–H groups in total.